The van der Waals surface area contributed by atoms with Crippen molar-refractivity contribution >= 4 is 139 Å². The number of alkyl halides is 2. The second-order valence-electron chi connectivity index (χ2n) is 12.3. The molecule has 9 aromatic rings. The van der Waals surface area contributed by atoms with Gasteiger partial charge in [-0.3, -0.25) is 13.9 Å². The molecule has 0 spiro atoms. The van der Waals surface area contributed by atoms with Crippen LogP contribution in [0.1, 0.15) is 10.4 Å². The third kappa shape index (κ3) is 11.1. The third-order valence-corrected chi connectivity index (χ3v) is 9.30. The summed E-state index contributed by atoms with van der Waals surface area (Å²) in [7, 11) is -4.67. The maximum absolute atomic E-state index is 12.3. The lowest BCUT2D eigenvalue weighted by molar-refractivity contribution is 0.0922. The van der Waals surface area contributed by atoms with E-state index in [2.05, 4.69) is 81.6 Å². The van der Waals surface area contributed by atoms with Crippen LogP contribution in [0.5, 0.6) is 5.75 Å². The number of fused-ring (bicyclic) bond motifs is 9. The smallest absolute Gasteiger partial charge is 0.394 e. The van der Waals surface area contributed by atoms with Crippen LogP contribution in [0.2, 0.25) is 10.0 Å². The van der Waals surface area contributed by atoms with Gasteiger partial charge in [0, 0.05) is 37.3 Å². The fourth-order valence-electron chi connectivity index (χ4n) is 6.54. The molecule has 0 atom stereocenters. The first-order chi connectivity index (χ1) is 28.0. The summed E-state index contributed by atoms with van der Waals surface area (Å²) < 4.78 is 43.5. The minimum Gasteiger partial charge on any atom is -0.485 e. The molecular formula is C46H36Cl2I2O7S. The molecule has 8 aromatic carbocycles. The van der Waals surface area contributed by atoms with E-state index in [4.69, 9.17) is 49.9 Å². The Morgan fingerprint density at radius 2 is 1.10 bits per heavy atom. The number of benzene rings is 8. The number of hydrogen-bond acceptors (Lipinski definition) is 5. The molecule has 0 unspecified atom stereocenters. The average molecular weight is 1060 g/mol. The van der Waals surface area contributed by atoms with E-state index in [9.17, 15) is 4.79 Å². The number of hydrogen-bond donors (Lipinski definition) is 2. The summed E-state index contributed by atoms with van der Waals surface area (Å²) in [5.74, 6) is 0.663. The van der Waals surface area contributed by atoms with Crippen LogP contribution in [0.3, 0.4) is 0 Å². The number of ether oxygens (including phenoxy) is 1. The van der Waals surface area contributed by atoms with Gasteiger partial charge in [0.05, 0.1) is 6.26 Å². The third-order valence-electron chi connectivity index (χ3n) is 8.83. The van der Waals surface area contributed by atoms with Crippen LogP contribution in [0.25, 0.3) is 65.2 Å². The van der Waals surface area contributed by atoms with Gasteiger partial charge < -0.3 is 9.15 Å². The number of rotatable bonds is 5. The molecule has 1 heterocycles. The predicted octanol–water partition coefficient (Wildman–Crippen LogP) is 14.4. The second kappa shape index (κ2) is 21.1. The van der Waals surface area contributed by atoms with Gasteiger partial charge in [0.2, 0.25) is 0 Å². The van der Waals surface area contributed by atoms with Crippen LogP contribution < -0.4 is 4.74 Å². The van der Waals surface area contributed by atoms with E-state index in [1.165, 1.54) is 5.39 Å². The monoisotopic (exact) mass is 1060 g/mol. The zero-order valence-electron chi connectivity index (χ0n) is 31.1. The van der Waals surface area contributed by atoms with Gasteiger partial charge in [-0.1, -0.05) is 190 Å². The molecule has 12 heteroatoms. The van der Waals surface area contributed by atoms with E-state index < -0.39 is 10.4 Å². The lowest BCUT2D eigenvalue weighted by Gasteiger charge is -2.12. The van der Waals surface area contributed by atoms with E-state index in [1.54, 1.807) is 12.1 Å². The number of carbonyl (C=O) groups is 1. The Hall–Kier alpha value is -4.28. The van der Waals surface area contributed by atoms with Gasteiger partial charge in [0.25, 0.3) is 0 Å². The summed E-state index contributed by atoms with van der Waals surface area (Å²) in [6.45, 7) is 0.00705. The van der Waals surface area contributed by atoms with Crippen molar-refractivity contribution in [2.75, 3.05) is 16.5 Å². The van der Waals surface area contributed by atoms with Crippen molar-refractivity contribution in [2.24, 2.45) is 0 Å². The molecule has 0 aliphatic carbocycles. The largest absolute Gasteiger partial charge is 0.485 e. The highest BCUT2D eigenvalue weighted by Gasteiger charge is 2.16. The summed E-state index contributed by atoms with van der Waals surface area (Å²) in [5.41, 5.74) is 3.85. The second-order valence-corrected chi connectivity index (χ2v) is 14.0. The first kappa shape index (κ1) is 44.8. The van der Waals surface area contributed by atoms with Crippen LogP contribution in [0.15, 0.2) is 162 Å². The molecule has 0 bridgehead atoms. The number of ketones is 1. The summed E-state index contributed by atoms with van der Waals surface area (Å²) in [6, 6.07) is 49.7. The van der Waals surface area contributed by atoms with Crippen molar-refractivity contribution in [3.05, 3.63) is 174 Å². The van der Waals surface area contributed by atoms with Crippen molar-refractivity contribution in [2.45, 2.75) is 0 Å². The molecular weight excluding hydrogens is 1020 g/mol. The SMILES string of the molecule is CI.CI.Clc1ccc2c(c1)c1ccccc1c1occ(-c3ccccc3)c21.O=C(COc1cc2ccc(Cl)cc2c2ccccc12)c1ccccc1.O=S(=O)(O)O. The highest BCUT2D eigenvalue weighted by atomic mass is 127. The van der Waals surface area contributed by atoms with E-state index in [0.29, 0.717) is 16.3 Å². The molecule has 296 valence electrons. The lowest BCUT2D eigenvalue weighted by atomic mass is 9.95. The van der Waals surface area contributed by atoms with Gasteiger partial charge in [-0.2, -0.15) is 8.42 Å². The molecule has 0 amide bonds. The van der Waals surface area contributed by atoms with Crippen molar-refractivity contribution < 1.29 is 31.5 Å². The molecule has 0 aliphatic heterocycles. The Labute approximate surface area is 373 Å². The maximum Gasteiger partial charge on any atom is 0.394 e. The van der Waals surface area contributed by atoms with Crippen molar-refractivity contribution in [1.82, 2.24) is 0 Å². The summed E-state index contributed by atoms with van der Waals surface area (Å²) in [4.78, 5) is 16.3. The number of carbonyl (C=O) groups excluding carboxylic acids is 1. The quantitative estimate of drug-likeness (QED) is 0.0580. The van der Waals surface area contributed by atoms with Gasteiger partial charge in [0.1, 0.15) is 11.3 Å². The maximum atomic E-state index is 12.3. The summed E-state index contributed by atoms with van der Waals surface area (Å²) in [5, 5.41) is 11.3. The Bertz CT molecular complexity index is 2920. The number of Topliss-reactive ketones (excluding diaryl/α,β-unsaturated/α-hetero) is 1. The number of furan rings is 1. The van der Waals surface area contributed by atoms with Crippen LogP contribution in [-0.2, 0) is 10.4 Å². The molecule has 58 heavy (non-hydrogen) atoms. The topological polar surface area (TPSA) is 114 Å². The number of halogens is 4. The minimum atomic E-state index is -4.67. The van der Waals surface area contributed by atoms with E-state index in [0.717, 1.165) is 64.8 Å². The molecule has 9 rings (SSSR count). The molecule has 7 nitrogen and oxygen atoms in total. The van der Waals surface area contributed by atoms with Crippen LogP contribution in [0.4, 0.5) is 0 Å². The first-order valence-corrected chi connectivity index (χ1v) is 23.9. The Morgan fingerprint density at radius 1 is 0.603 bits per heavy atom. The Kier molecular flexibility index (Phi) is 16.3. The molecule has 0 radical (unpaired) electrons. The minimum absolute atomic E-state index is 0.00705. The van der Waals surface area contributed by atoms with E-state index in [1.807, 2.05) is 119 Å². The van der Waals surface area contributed by atoms with Gasteiger partial charge in [0.15, 0.2) is 12.4 Å². The Morgan fingerprint density at radius 3 is 1.72 bits per heavy atom. The zero-order valence-corrected chi connectivity index (χ0v) is 37.7. The summed E-state index contributed by atoms with van der Waals surface area (Å²) in [6.07, 6.45) is 1.86. The van der Waals surface area contributed by atoms with Crippen LogP contribution in [-0.4, -0.2) is 39.8 Å². The Balaban J connectivity index is 0.000000184. The highest BCUT2D eigenvalue weighted by molar-refractivity contribution is 14.1. The predicted molar refractivity (Wildman–Crippen MR) is 258 cm³/mol. The standard InChI is InChI=1S/C22H15ClO2.C22H13ClO.2CH3I.H2O4S/c23-17-11-10-16-12-22(19-9-5-4-8-18(19)20(16)13-17)25-14-21(24)15-6-2-1-3-7-15;23-15-10-11-17-19(12-15)16-8-4-5-9-18(16)22-21(17)20(13-24-22)14-6-2-1-3-7-14;2*1-2;1-5(2,3)4/h1-13H,14H2;1-13H;2*1H3;(H2,1,2,3,4). The van der Waals surface area contributed by atoms with E-state index >= 15 is 0 Å². The van der Waals surface area contributed by atoms with E-state index in [-0.39, 0.29) is 12.4 Å². The molecule has 0 saturated carbocycles. The fraction of sp³-hybridized carbons (Fsp3) is 0.0652. The molecule has 0 fully saturated rings. The van der Waals surface area contributed by atoms with Crippen molar-refractivity contribution in [1.29, 1.82) is 0 Å². The molecule has 0 aliphatic rings. The van der Waals surface area contributed by atoms with Crippen LogP contribution in [0, 0.1) is 0 Å². The van der Waals surface area contributed by atoms with Crippen molar-refractivity contribution in [3.63, 3.8) is 0 Å². The lowest BCUT2D eigenvalue weighted by Crippen LogP contribution is -2.11. The summed E-state index contributed by atoms with van der Waals surface area (Å²) >= 11 is 16.7. The van der Waals surface area contributed by atoms with Crippen LogP contribution >= 0.6 is 68.4 Å². The van der Waals surface area contributed by atoms with Gasteiger partial charge in [-0.25, -0.2) is 0 Å². The van der Waals surface area contributed by atoms with Gasteiger partial charge in [-0.05, 0) is 78.1 Å². The fourth-order valence-corrected chi connectivity index (χ4v) is 6.88. The first-order valence-electron chi connectivity index (χ1n) is 17.4. The molecule has 2 N–H and O–H groups in total. The van der Waals surface area contributed by atoms with Crippen molar-refractivity contribution in [3.8, 4) is 16.9 Å². The molecule has 0 saturated heterocycles. The van der Waals surface area contributed by atoms with Gasteiger partial charge >= 0.3 is 10.4 Å². The normalized spacial score (nSPS) is 10.7. The zero-order chi connectivity index (χ0) is 41.8. The highest BCUT2D eigenvalue weighted by Crippen LogP contribution is 2.42. The van der Waals surface area contributed by atoms with Gasteiger partial charge in [-0.15, -0.1) is 0 Å². The average Bonchev–Trinajstić information content (AvgIpc) is 3.70. The molecule has 1 aromatic heterocycles.